The molecule has 0 saturated carbocycles. The average Bonchev–Trinajstić information content (AvgIpc) is 3.35. The van der Waals surface area contributed by atoms with Crippen molar-refractivity contribution in [2.75, 3.05) is 24.5 Å². The highest BCUT2D eigenvalue weighted by molar-refractivity contribution is 7.89. The van der Waals surface area contributed by atoms with Gasteiger partial charge in [-0.3, -0.25) is 4.79 Å². The van der Waals surface area contributed by atoms with E-state index in [0.717, 1.165) is 24.3 Å². The van der Waals surface area contributed by atoms with Gasteiger partial charge in [-0.1, -0.05) is 12.1 Å². The van der Waals surface area contributed by atoms with Gasteiger partial charge in [-0.2, -0.15) is 4.52 Å². The first kappa shape index (κ1) is 19.3. The molecule has 152 valence electrons. The Hall–Kier alpha value is -3.05. The van der Waals surface area contributed by atoms with Crippen molar-refractivity contribution in [3.8, 4) is 0 Å². The van der Waals surface area contributed by atoms with Crippen LogP contribution in [0.15, 0.2) is 47.6 Å². The molecule has 0 aliphatic carbocycles. The van der Waals surface area contributed by atoms with Crippen LogP contribution in [0, 0.1) is 6.92 Å². The highest BCUT2D eigenvalue weighted by Gasteiger charge is 2.25. The number of hydrogen-bond acceptors (Lipinski definition) is 7. The molecule has 1 aromatic carbocycles. The minimum absolute atomic E-state index is 0.0793. The lowest BCUT2D eigenvalue weighted by Gasteiger charge is -2.18. The number of fused-ring (bicyclic) bond motifs is 1. The number of carbonyl (C=O) groups excluding carboxylic acids is 1. The van der Waals surface area contributed by atoms with E-state index in [4.69, 9.17) is 0 Å². The van der Waals surface area contributed by atoms with Gasteiger partial charge in [-0.05, 0) is 43.2 Å². The van der Waals surface area contributed by atoms with E-state index in [2.05, 4.69) is 30.2 Å². The molecule has 1 amide bonds. The second kappa shape index (κ2) is 7.76. The Bertz CT molecular complexity index is 1150. The van der Waals surface area contributed by atoms with Crippen LogP contribution in [0.4, 0.5) is 5.82 Å². The van der Waals surface area contributed by atoms with E-state index >= 15 is 0 Å². The Balaban J connectivity index is 1.31. The molecule has 1 saturated heterocycles. The van der Waals surface area contributed by atoms with E-state index < -0.39 is 10.0 Å². The normalized spacial score (nSPS) is 17.0. The Morgan fingerprint density at radius 2 is 2.14 bits per heavy atom. The van der Waals surface area contributed by atoms with Gasteiger partial charge in [0.05, 0.1) is 11.4 Å². The molecule has 2 N–H and O–H groups in total. The summed E-state index contributed by atoms with van der Waals surface area (Å²) in [5.41, 5.74) is 1.50. The minimum atomic E-state index is -3.73. The number of aromatic nitrogens is 4. The number of carbonyl (C=O) groups is 1. The van der Waals surface area contributed by atoms with E-state index in [0.29, 0.717) is 12.2 Å². The van der Waals surface area contributed by atoms with Gasteiger partial charge in [0.1, 0.15) is 12.1 Å². The monoisotopic (exact) mass is 415 g/mol. The summed E-state index contributed by atoms with van der Waals surface area (Å²) in [4.78, 5) is 14.4. The van der Waals surface area contributed by atoms with Crippen molar-refractivity contribution >= 4 is 27.4 Å². The van der Waals surface area contributed by atoms with E-state index in [1.807, 2.05) is 25.1 Å². The van der Waals surface area contributed by atoms with Gasteiger partial charge in [0, 0.05) is 19.1 Å². The van der Waals surface area contributed by atoms with Crippen molar-refractivity contribution in [1.29, 1.82) is 0 Å². The quantitative estimate of drug-likeness (QED) is 0.586. The van der Waals surface area contributed by atoms with Crippen molar-refractivity contribution in [2.45, 2.75) is 24.3 Å². The van der Waals surface area contributed by atoms with Crippen LogP contribution in [0.3, 0.4) is 0 Å². The van der Waals surface area contributed by atoms with E-state index in [1.54, 1.807) is 16.6 Å². The van der Waals surface area contributed by atoms with Gasteiger partial charge in [-0.15, -0.1) is 15.3 Å². The van der Waals surface area contributed by atoms with Gasteiger partial charge in [0.15, 0.2) is 5.65 Å². The zero-order chi connectivity index (χ0) is 20.4. The molecular weight excluding hydrogens is 394 g/mol. The van der Waals surface area contributed by atoms with Crippen LogP contribution in [-0.4, -0.2) is 59.8 Å². The van der Waals surface area contributed by atoms with Crippen LogP contribution in [0.2, 0.25) is 0 Å². The molecule has 1 aliphatic rings. The largest absolute Gasteiger partial charge is 0.353 e. The SMILES string of the molecule is Cc1cccc(S(=O)(=O)NCC(=O)NC2CCN(c3ccc4nncn4n3)C2)c1. The molecular formula is C18H21N7O3S. The molecule has 2 aromatic heterocycles. The Morgan fingerprint density at radius 1 is 1.28 bits per heavy atom. The van der Waals surface area contributed by atoms with Crippen molar-refractivity contribution in [3.63, 3.8) is 0 Å². The molecule has 3 aromatic rings. The predicted molar refractivity (Wildman–Crippen MR) is 106 cm³/mol. The number of benzene rings is 1. The number of hydrogen-bond donors (Lipinski definition) is 2. The molecule has 0 bridgehead atoms. The van der Waals surface area contributed by atoms with Crippen LogP contribution >= 0.6 is 0 Å². The van der Waals surface area contributed by atoms with Crippen LogP contribution in [0.1, 0.15) is 12.0 Å². The standard InChI is InChI=1S/C18H21N7O3S/c1-13-3-2-4-15(9-13)29(27,28)20-10-18(26)21-14-7-8-24(11-14)17-6-5-16-22-19-12-25(16)23-17/h2-6,9,12,14,20H,7-8,10-11H2,1H3,(H,21,26). The van der Waals surface area contributed by atoms with Gasteiger partial charge in [0.25, 0.3) is 0 Å². The average molecular weight is 415 g/mol. The first-order valence-corrected chi connectivity index (χ1v) is 10.7. The fourth-order valence-corrected chi connectivity index (χ4v) is 4.36. The Labute approximate surface area is 168 Å². The topological polar surface area (TPSA) is 122 Å². The number of nitrogens with one attached hydrogen (secondary N) is 2. The molecule has 3 heterocycles. The van der Waals surface area contributed by atoms with E-state index in [1.165, 1.54) is 12.4 Å². The molecule has 1 unspecified atom stereocenters. The first-order chi connectivity index (χ1) is 13.9. The lowest BCUT2D eigenvalue weighted by atomic mass is 10.2. The van der Waals surface area contributed by atoms with Crippen LogP contribution in [0.5, 0.6) is 0 Å². The van der Waals surface area contributed by atoms with E-state index in [9.17, 15) is 13.2 Å². The van der Waals surface area contributed by atoms with Crippen molar-refractivity contribution in [3.05, 3.63) is 48.3 Å². The molecule has 4 rings (SSSR count). The summed E-state index contributed by atoms with van der Waals surface area (Å²) >= 11 is 0. The van der Waals surface area contributed by atoms with Gasteiger partial charge in [0.2, 0.25) is 15.9 Å². The predicted octanol–water partition coefficient (Wildman–Crippen LogP) is 0.106. The molecule has 10 nitrogen and oxygen atoms in total. The molecule has 29 heavy (non-hydrogen) atoms. The summed E-state index contributed by atoms with van der Waals surface area (Å²) in [6.45, 7) is 2.84. The maximum Gasteiger partial charge on any atom is 0.241 e. The zero-order valence-corrected chi connectivity index (χ0v) is 16.6. The zero-order valence-electron chi connectivity index (χ0n) is 15.8. The number of nitrogens with zero attached hydrogens (tertiary/aromatic N) is 5. The molecule has 1 atom stereocenters. The second-order valence-corrected chi connectivity index (χ2v) is 8.73. The number of aryl methyl sites for hydroxylation is 1. The third kappa shape index (κ3) is 4.35. The fourth-order valence-electron chi connectivity index (χ4n) is 3.28. The first-order valence-electron chi connectivity index (χ1n) is 9.18. The fraction of sp³-hybridized carbons (Fsp3) is 0.333. The lowest BCUT2D eigenvalue weighted by molar-refractivity contribution is -0.120. The van der Waals surface area contributed by atoms with Crippen LogP contribution < -0.4 is 14.9 Å². The highest BCUT2D eigenvalue weighted by atomic mass is 32.2. The maximum atomic E-state index is 12.3. The smallest absolute Gasteiger partial charge is 0.241 e. The van der Waals surface area contributed by atoms with Crippen LogP contribution in [0.25, 0.3) is 5.65 Å². The second-order valence-electron chi connectivity index (χ2n) is 6.97. The molecule has 11 heteroatoms. The summed E-state index contributed by atoms with van der Waals surface area (Å²) in [5.74, 6) is 0.407. The third-order valence-electron chi connectivity index (χ3n) is 4.75. The lowest BCUT2D eigenvalue weighted by Crippen LogP contribution is -2.43. The number of anilines is 1. The number of sulfonamides is 1. The number of rotatable bonds is 6. The van der Waals surface area contributed by atoms with E-state index in [-0.39, 0.29) is 23.4 Å². The summed E-state index contributed by atoms with van der Waals surface area (Å²) in [7, 11) is -3.73. The maximum absolute atomic E-state index is 12.3. The summed E-state index contributed by atoms with van der Waals surface area (Å²) in [6.07, 6.45) is 2.28. The summed E-state index contributed by atoms with van der Waals surface area (Å²) < 4.78 is 28.6. The third-order valence-corrected chi connectivity index (χ3v) is 6.15. The van der Waals surface area contributed by atoms with Gasteiger partial charge < -0.3 is 10.2 Å². The van der Waals surface area contributed by atoms with Gasteiger partial charge >= 0.3 is 0 Å². The Morgan fingerprint density at radius 3 is 2.97 bits per heavy atom. The Kier molecular flexibility index (Phi) is 5.16. The summed E-state index contributed by atoms with van der Waals surface area (Å²) in [6, 6.07) is 10.2. The van der Waals surface area contributed by atoms with Crippen molar-refractivity contribution in [1.82, 2.24) is 29.9 Å². The van der Waals surface area contributed by atoms with Crippen molar-refractivity contribution in [2.24, 2.45) is 0 Å². The molecule has 0 radical (unpaired) electrons. The summed E-state index contributed by atoms with van der Waals surface area (Å²) in [5, 5.41) is 15.1. The van der Waals surface area contributed by atoms with Crippen molar-refractivity contribution < 1.29 is 13.2 Å². The molecule has 1 aliphatic heterocycles. The number of amides is 1. The van der Waals surface area contributed by atoms with Gasteiger partial charge in [-0.25, -0.2) is 13.1 Å². The van der Waals surface area contributed by atoms with Crippen LogP contribution in [-0.2, 0) is 14.8 Å². The molecule has 0 spiro atoms. The molecule has 1 fully saturated rings. The highest BCUT2D eigenvalue weighted by Crippen LogP contribution is 2.18. The minimum Gasteiger partial charge on any atom is -0.353 e.